The van der Waals surface area contributed by atoms with E-state index in [1.807, 2.05) is 0 Å². The quantitative estimate of drug-likeness (QED) is 0.756. The van der Waals surface area contributed by atoms with Crippen LogP contribution in [-0.2, 0) is 0 Å². The standard InChI is InChI=1S/C14H19BF3O/c1-10-7-8-12(9-11(10)2)19-14-6-4-3-5-13(14)15(16,17)18/h3-6,10-12H,7-9H2,1-2H3/q-1. The maximum absolute atomic E-state index is 12.9. The average molecular weight is 271 g/mol. The number of halogens is 3. The van der Waals surface area contributed by atoms with Gasteiger partial charge in [-0.1, -0.05) is 37.5 Å². The number of hydrogen-bond acceptors (Lipinski definition) is 1. The monoisotopic (exact) mass is 271 g/mol. The number of para-hydroxylation sites is 1. The third kappa shape index (κ3) is 3.45. The van der Waals surface area contributed by atoms with Crippen molar-refractivity contribution in [2.45, 2.75) is 39.2 Å². The van der Waals surface area contributed by atoms with Crippen LogP contribution in [0.1, 0.15) is 33.1 Å². The zero-order valence-electron chi connectivity index (χ0n) is 11.3. The van der Waals surface area contributed by atoms with Gasteiger partial charge in [-0.3, -0.25) is 0 Å². The third-order valence-electron chi connectivity index (χ3n) is 4.12. The molecule has 1 nitrogen and oxygen atoms in total. The van der Waals surface area contributed by atoms with Crippen LogP contribution >= 0.6 is 0 Å². The lowest BCUT2D eigenvalue weighted by atomic mass is 9.78. The molecule has 0 bridgehead atoms. The smallest absolute Gasteiger partial charge is 0.493 e. The van der Waals surface area contributed by atoms with Gasteiger partial charge in [-0.05, 0) is 37.2 Å². The molecule has 3 unspecified atom stereocenters. The summed E-state index contributed by atoms with van der Waals surface area (Å²) in [6.45, 7) is -0.688. The SMILES string of the molecule is CC1CCC(Oc2ccccc2[B-](F)(F)F)CC1C. The molecule has 0 spiro atoms. The average Bonchev–Trinajstić information content (AvgIpc) is 2.33. The molecule has 19 heavy (non-hydrogen) atoms. The summed E-state index contributed by atoms with van der Waals surface area (Å²) in [5, 5.41) is 0. The molecule has 0 heterocycles. The van der Waals surface area contributed by atoms with Crippen LogP contribution in [0.15, 0.2) is 24.3 Å². The summed E-state index contributed by atoms with van der Waals surface area (Å²) in [6, 6.07) is 5.52. The Bertz CT molecular complexity index is 433. The van der Waals surface area contributed by atoms with Gasteiger partial charge in [0, 0.05) is 0 Å². The van der Waals surface area contributed by atoms with Crippen molar-refractivity contribution in [2.24, 2.45) is 11.8 Å². The van der Waals surface area contributed by atoms with Crippen LogP contribution in [0.25, 0.3) is 0 Å². The van der Waals surface area contributed by atoms with E-state index in [1.165, 1.54) is 12.1 Å². The predicted molar refractivity (Wildman–Crippen MR) is 71.7 cm³/mol. The Morgan fingerprint density at radius 1 is 1.05 bits per heavy atom. The second-order valence-corrected chi connectivity index (χ2v) is 5.62. The lowest BCUT2D eigenvalue weighted by molar-refractivity contribution is 0.101. The highest BCUT2D eigenvalue weighted by Gasteiger charge is 2.31. The molecule has 1 aliphatic carbocycles. The second-order valence-electron chi connectivity index (χ2n) is 5.62. The zero-order chi connectivity index (χ0) is 14.0. The highest BCUT2D eigenvalue weighted by molar-refractivity contribution is 6.74. The van der Waals surface area contributed by atoms with Gasteiger partial charge in [-0.2, -0.15) is 0 Å². The molecule has 3 atom stereocenters. The summed E-state index contributed by atoms with van der Waals surface area (Å²) in [5.41, 5.74) is -0.617. The summed E-state index contributed by atoms with van der Waals surface area (Å²) in [4.78, 5) is 0. The van der Waals surface area contributed by atoms with Crippen LogP contribution in [-0.4, -0.2) is 13.1 Å². The number of rotatable bonds is 3. The third-order valence-corrected chi connectivity index (χ3v) is 4.12. The van der Waals surface area contributed by atoms with Crippen molar-refractivity contribution in [1.82, 2.24) is 0 Å². The highest BCUT2D eigenvalue weighted by Crippen LogP contribution is 2.32. The summed E-state index contributed by atoms with van der Waals surface area (Å²) in [6.07, 6.45) is 2.60. The van der Waals surface area contributed by atoms with E-state index in [9.17, 15) is 12.9 Å². The Morgan fingerprint density at radius 2 is 1.74 bits per heavy atom. The van der Waals surface area contributed by atoms with E-state index in [-0.39, 0.29) is 11.9 Å². The first-order valence-corrected chi connectivity index (χ1v) is 6.83. The molecule has 0 aromatic heterocycles. The van der Waals surface area contributed by atoms with Gasteiger partial charge in [0.25, 0.3) is 0 Å². The number of hydrogen-bond donors (Lipinski definition) is 0. The van der Waals surface area contributed by atoms with Crippen LogP contribution in [0.4, 0.5) is 12.9 Å². The van der Waals surface area contributed by atoms with Gasteiger partial charge in [-0.25, -0.2) is 0 Å². The van der Waals surface area contributed by atoms with E-state index < -0.39 is 12.4 Å². The molecule has 2 rings (SSSR count). The molecule has 5 heteroatoms. The van der Waals surface area contributed by atoms with E-state index in [0.717, 1.165) is 25.3 Å². The molecule has 0 N–H and O–H groups in total. The van der Waals surface area contributed by atoms with Crippen LogP contribution in [0.5, 0.6) is 5.75 Å². The lowest BCUT2D eigenvalue weighted by Gasteiger charge is -2.33. The van der Waals surface area contributed by atoms with E-state index in [1.54, 1.807) is 6.07 Å². The minimum Gasteiger partial charge on any atom is -0.493 e. The Labute approximate surface area is 112 Å². The van der Waals surface area contributed by atoms with Gasteiger partial charge in [0.15, 0.2) is 0 Å². The van der Waals surface area contributed by atoms with Crippen LogP contribution < -0.4 is 10.2 Å². The van der Waals surface area contributed by atoms with Gasteiger partial charge in [0.2, 0.25) is 0 Å². The van der Waals surface area contributed by atoms with Crippen molar-refractivity contribution < 1.29 is 17.7 Å². The Balaban J connectivity index is 2.12. The second kappa shape index (κ2) is 5.47. The molecule has 0 amide bonds. The zero-order valence-corrected chi connectivity index (χ0v) is 11.3. The molecule has 1 aromatic carbocycles. The molecule has 0 aliphatic heterocycles. The minimum atomic E-state index is -5.01. The molecule has 1 saturated carbocycles. The van der Waals surface area contributed by atoms with Gasteiger partial charge in [0.05, 0.1) is 11.9 Å². The van der Waals surface area contributed by atoms with E-state index in [4.69, 9.17) is 4.74 Å². The van der Waals surface area contributed by atoms with Crippen LogP contribution in [0.3, 0.4) is 0 Å². The highest BCUT2D eigenvalue weighted by atomic mass is 19.4. The van der Waals surface area contributed by atoms with E-state index in [2.05, 4.69) is 13.8 Å². The van der Waals surface area contributed by atoms with Crippen molar-refractivity contribution in [3.63, 3.8) is 0 Å². The molecule has 1 aromatic rings. The molecular weight excluding hydrogens is 252 g/mol. The molecular formula is C14H19BF3O-. The summed E-state index contributed by atoms with van der Waals surface area (Å²) >= 11 is 0. The summed E-state index contributed by atoms with van der Waals surface area (Å²) in [7, 11) is 0. The van der Waals surface area contributed by atoms with Crippen molar-refractivity contribution in [3.05, 3.63) is 24.3 Å². The normalized spacial score (nSPS) is 28.2. The number of benzene rings is 1. The van der Waals surface area contributed by atoms with Crippen LogP contribution in [0.2, 0.25) is 0 Å². The fourth-order valence-electron chi connectivity index (χ4n) is 2.64. The minimum absolute atomic E-state index is 0.0123. The molecule has 0 radical (unpaired) electrons. The maximum atomic E-state index is 12.9. The molecule has 0 saturated heterocycles. The van der Waals surface area contributed by atoms with E-state index in [0.29, 0.717) is 11.8 Å². The van der Waals surface area contributed by atoms with Crippen molar-refractivity contribution in [2.75, 3.05) is 0 Å². The fourth-order valence-corrected chi connectivity index (χ4v) is 2.64. The van der Waals surface area contributed by atoms with Gasteiger partial charge >= 0.3 is 6.98 Å². The maximum Gasteiger partial charge on any atom is 0.513 e. The van der Waals surface area contributed by atoms with Crippen molar-refractivity contribution >= 4 is 12.4 Å². The van der Waals surface area contributed by atoms with Crippen LogP contribution in [0, 0.1) is 11.8 Å². The fraction of sp³-hybridized carbons (Fsp3) is 0.571. The first-order valence-electron chi connectivity index (χ1n) is 6.83. The Hall–Kier alpha value is -1.13. The van der Waals surface area contributed by atoms with Gasteiger partial charge < -0.3 is 17.7 Å². The topological polar surface area (TPSA) is 9.23 Å². The van der Waals surface area contributed by atoms with Gasteiger partial charge in [0.1, 0.15) is 0 Å². The first-order chi connectivity index (χ1) is 8.88. The summed E-state index contributed by atoms with van der Waals surface area (Å²) in [5.74, 6) is 1.12. The lowest BCUT2D eigenvalue weighted by Crippen LogP contribution is -2.37. The largest absolute Gasteiger partial charge is 0.513 e. The predicted octanol–water partition coefficient (Wildman–Crippen LogP) is 3.94. The number of ether oxygens (including phenoxy) is 1. The van der Waals surface area contributed by atoms with Crippen molar-refractivity contribution in [1.29, 1.82) is 0 Å². The van der Waals surface area contributed by atoms with Gasteiger partial charge in [-0.15, -0.1) is 0 Å². The Morgan fingerprint density at radius 3 is 2.37 bits per heavy atom. The first kappa shape index (κ1) is 14.3. The molecule has 1 aliphatic rings. The molecule has 106 valence electrons. The van der Waals surface area contributed by atoms with E-state index >= 15 is 0 Å². The molecule has 1 fully saturated rings. The summed E-state index contributed by atoms with van der Waals surface area (Å²) < 4.78 is 44.4. The Kier molecular flexibility index (Phi) is 4.12. The van der Waals surface area contributed by atoms with Crippen molar-refractivity contribution in [3.8, 4) is 5.75 Å².